The number of nitrogens with zero attached hydrogens (tertiary/aromatic N) is 4. The van der Waals surface area contributed by atoms with Crippen molar-refractivity contribution in [3.05, 3.63) is 30.2 Å². The molecule has 0 radical (unpaired) electrons. The number of aromatic amines is 1. The summed E-state index contributed by atoms with van der Waals surface area (Å²) in [4.78, 5) is 32.0. The van der Waals surface area contributed by atoms with Crippen LogP contribution in [0.4, 0.5) is 16.3 Å². The summed E-state index contributed by atoms with van der Waals surface area (Å²) in [6.07, 6.45) is 0.714. The number of aryl methyl sites for hydroxylation is 1. The lowest BCUT2D eigenvalue weighted by molar-refractivity contribution is -0.117. The van der Waals surface area contributed by atoms with Gasteiger partial charge in [0.05, 0.1) is 23.8 Å². The van der Waals surface area contributed by atoms with Gasteiger partial charge in [0.25, 0.3) is 0 Å². The standard InChI is InChI=1S/C15H17N7O3/c1-3-25-15(24)20-13-7-16-22(21-13)8-14(23)19-10-4-5-11-12(6-10)18-9(2)17-11/h4-7H,3,8H2,1-2H3,(H,17,18)(H,19,23)(H,20,21,24). The Morgan fingerprint density at radius 3 is 2.96 bits per heavy atom. The molecular formula is C15H17N7O3. The van der Waals surface area contributed by atoms with Crippen molar-refractivity contribution in [1.82, 2.24) is 25.0 Å². The second-order valence-corrected chi connectivity index (χ2v) is 5.21. The number of hydrogen-bond donors (Lipinski definition) is 3. The molecule has 0 aliphatic rings. The lowest BCUT2D eigenvalue weighted by atomic mass is 10.3. The first-order valence-corrected chi connectivity index (χ1v) is 7.63. The molecule has 0 aliphatic heterocycles. The molecule has 0 fully saturated rings. The average molecular weight is 343 g/mol. The fourth-order valence-electron chi connectivity index (χ4n) is 2.25. The van der Waals surface area contributed by atoms with Crippen LogP contribution in [0.15, 0.2) is 24.4 Å². The van der Waals surface area contributed by atoms with Crippen molar-refractivity contribution in [2.24, 2.45) is 0 Å². The van der Waals surface area contributed by atoms with Crippen molar-refractivity contribution < 1.29 is 14.3 Å². The van der Waals surface area contributed by atoms with Crippen molar-refractivity contribution in [2.45, 2.75) is 20.4 Å². The zero-order valence-electron chi connectivity index (χ0n) is 13.7. The maximum Gasteiger partial charge on any atom is 0.412 e. The van der Waals surface area contributed by atoms with E-state index in [0.717, 1.165) is 16.9 Å². The van der Waals surface area contributed by atoms with Crippen molar-refractivity contribution in [1.29, 1.82) is 0 Å². The van der Waals surface area contributed by atoms with Gasteiger partial charge in [-0.15, -0.1) is 5.10 Å². The van der Waals surface area contributed by atoms with Gasteiger partial charge in [-0.25, -0.2) is 9.78 Å². The van der Waals surface area contributed by atoms with Gasteiger partial charge in [0.15, 0.2) is 5.82 Å². The number of hydrogen-bond acceptors (Lipinski definition) is 6. The summed E-state index contributed by atoms with van der Waals surface area (Å²) in [5.41, 5.74) is 2.31. The van der Waals surface area contributed by atoms with Crippen molar-refractivity contribution >= 4 is 34.5 Å². The molecule has 3 aromatic rings. The molecule has 0 aliphatic carbocycles. The Bertz CT molecular complexity index is 915. The predicted molar refractivity (Wildman–Crippen MR) is 90.1 cm³/mol. The van der Waals surface area contributed by atoms with E-state index in [9.17, 15) is 9.59 Å². The lowest BCUT2D eigenvalue weighted by Gasteiger charge is -2.04. The monoisotopic (exact) mass is 343 g/mol. The van der Waals surface area contributed by atoms with Gasteiger partial charge in [-0.3, -0.25) is 10.1 Å². The van der Waals surface area contributed by atoms with E-state index < -0.39 is 6.09 Å². The number of aromatic nitrogens is 5. The molecule has 0 saturated carbocycles. The summed E-state index contributed by atoms with van der Waals surface area (Å²) in [6.45, 7) is 3.72. The highest BCUT2D eigenvalue weighted by molar-refractivity contribution is 5.92. The number of rotatable bonds is 5. The Kier molecular flexibility index (Phi) is 4.59. The van der Waals surface area contributed by atoms with Crippen LogP contribution in [0.1, 0.15) is 12.7 Å². The summed E-state index contributed by atoms with van der Waals surface area (Å²) in [5, 5.41) is 13.1. The van der Waals surface area contributed by atoms with Gasteiger partial charge in [0.2, 0.25) is 5.91 Å². The van der Waals surface area contributed by atoms with Crippen LogP contribution in [0.5, 0.6) is 0 Å². The summed E-state index contributed by atoms with van der Waals surface area (Å²) in [5.74, 6) is 0.718. The molecule has 2 aromatic heterocycles. The van der Waals surface area contributed by atoms with Crippen LogP contribution in [0, 0.1) is 6.92 Å². The highest BCUT2D eigenvalue weighted by Crippen LogP contribution is 2.17. The molecule has 3 rings (SSSR count). The zero-order valence-corrected chi connectivity index (χ0v) is 13.7. The van der Waals surface area contributed by atoms with Crippen LogP contribution in [0.2, 0.25) is 0 Å². The number of anilines is 2. The molecular weight excluding hydrogens is 326 g/mol. The van der Waals surface area contributed by atoms with Crippen LogP contribution >= 0.6 is 0 Å². The number of fused-ring (bicyclic) bond motifs is 1. The summed E-state index contributed by atoms with van der Waals surface area (Å²) in [7, 11) is 0. The average Bonchev–Trinajstić information content (AvgIpc) is 3.12. The van der Waals surface area contributed by atoms with E-state index in [1.807, 2.05) is 13.0 Å². The molecule has 25 heavy (non-hydrogen) atoms. The Morgan fingerprint density at radius 2 is 2.16 bits per heavy atom. The first kappa shape index (κ1) is 16.4. The largest absolute Gasteiger partial charge is 0.450 e. The number of H-pyrrole nitrogens is 1. The minimum absolute atomic E-state index is 0.0927. The van der Waals surface area contributed by atoms with Gasteiger partial charge in [-0.2, -0.15) is 9.90 Å². The van der Waals surface area contributed by atoms with Crippen molar-refractivity contribution in [2.75, 3.05) is 17.2 Å². The molecule has 0 unspecified atom stereocenters. The quantitative estimate of drug-likeness (QED) is 0.647. The minimum atomic E-state index is -0.623. The van der Waals surface area contributed by atoms with Gasteiger partial charge in [-0.05, 0) is 32.0 Å². The number of carbonyl (C=O) groups is 2. The molecule has 1 aromatic carbocycles. The topological polar surface area (TPSA) is 127 Å². The first-order valence-electron chi connectivity index (χ1n) is 7.63. The Hall–Kier alpha value is -3.43. The normalized spacial score (nSPS) is 10.6. The number of amides is 2. The third-order valence-corrected chi connectivity index (χ3v) is 3.21. The third-order valence-electron chi connectivity index (χ3n) is 3.21. The maximum atomic E-state index is 12.1. The van der Waals surface area contributed by atoms with Crippen LogP contribution < -0.4 is 10.6 Å². The molecule has 2 amide bonds. The molecule has 3 N–H and O–H groups in total. The van der Waals surface area contributed by atoms with E-state index in [2.05, 4.69) is 30.8 Å². The van der Waals surface area contributed by atoms with E-state index in [0.29, 0.717) is 5.69 Å². The van der Waals surface area contributed by atoms with Gasteiger partial charge in [0.1, 0.15) is 12.4 Å². The molecule has 0 saturated heterocycles. The van der Waals surface area contributed by atoms with Gasteiger partial charge in [-0.1, -0.05) is 0 Å². The summed E-state index contributed by atoms with van der Waals surface area (Å²) >= 11 is 0. The number of nitrogens with one attached hydrogen (secondary N) is 3. The van der Waals surface area contributed by atoms with Gasteiger partial charge < -0.3 is 15.0 Å². The van der Waals surface area contributed by atoms with Gasteiger partial charge in [0, 0.05) is 5.69 Å². The molecule has 0 atom stereocenters. The van der Waals surface area contributed by atoms with Crippen LogP contribution in [0.3, 0.4) is 0 Å². The molecule has 0 spiro atoms. The Balaban J connectivity index is 1.60. The second-order valence-electron chi connectivity index (χ2n) is 5.21. The zero-order chi connectivity index (χ0) is 17.8. The van der Waals surface area contributed by atoms with Crippen LogP contribution in [0.25, 0.3) is 11.0 Å². The second kappa shape index (κ2) is 6.99. The minimum Gasteiger partial charge on any atom is -0.450 e. The number of benzene rings is 1. The van der Waals surface area contributed by atoms with E-state index in [1.165, 1.54) is 11.0 Å². The van der Waals surface area contributed by atoms with Crippen molar-refractivity contribution in [3.63, 3.8) is 0 Å². The van der Waals surface area contributed by atoms with E-state index in [4.69, 9.17) is 4.74 Å². The summed E-state index contributed by atoms with van der Waals surface area (Å²) in [6, 6.07) is 5.39. The third kappa shape index (κ3) is 4.10. The highest BCUT2D eigenvalue weighted by atomic mass is 16.5. The smallest absolute Gasteiger partial charge is 0.412 e. The highest BCUT2D eigenvalue weighted by Gasteiger charge is 2.10. The number of carbonyl (C=O) groups excluding carboxylic acids is 2. The Labute approximate surface area is 142 Å². The van der Waals surface area contributed by atoms with Gasteiger partial charge >= 0.3 is 6.09 Å². The lowest BCUT2D eigenvalue weighted by Crippen LogP contribution is -2.20. The molecule has 130 valence electrons. The summed E-state index contributed by atoms with van der Waals surface area (Å²) < 4.78 is 4.74. The van der Waals surface area contributed by atoms with Crippen LogP contribution in [-0.4, -0.2) is 43.6 Å². The number of imidazole rings is 1. The molecule has 0 bridgehead atoms. The number of ether oxygens (including phenoxy) is 1. The maximum absolute atomic E-state index is 12.1. The van der Waals surface area contributed by atoms with Crippen LogP contribution in [-0.2, 0) is 16.1 Å². The SMILES string of the molecule is CCOC(=O)Nc1cnn(CC(=O)Nc2ccc3nc(C)[nH]c3c2)n1. The fourth-order valence-corrected chi connectivity index (χ4v) is 2.25. The Morgan fingerprint density at radius 1 is 1.32 bits per heavy atom. The molecule has 2 heterocycles. The van der Waals surface area contributed by atoms with Crippen molar-refractivity contribution in [3.8, 4) is 0 Å². The molecule has 10 heteroatoms. The predicted octanol–water partition coefficient (Wildman–Crippen LogP) is 1.67. The van der Waals surface area contributed by atoms with E-state index in [-0.39, 0.29) is 24.9 Å². The van der Waals surface area contributed by atoms with E-state index >= 15 is 0 Å². The fraction of sp³-hybridized carbons (Fsp3) is 0.267. The van der Waals surface area contributed by atoms with E-state index in [1.54, 1.807) is 19.1 Å². The first-order chi connectivity index (χ1) is 12.0. The molecule has 10 nitrogen and oxygen atoms in total.